The number of likely N-dealkylation sites (N-methyl/N-ethyl adjacent to an activating group) is 1. The van der Waals surface area contributed by atoms with Crippen LogP contribution < -0.4 is 10.2 Å². The minimum Gasteiger partial charge on any atom is -0.378 e. The minimum atomic E-state index is -1.25. The topological polar surface area (TPSA) is 100 Å². The molecule has 0 aliphatic carbocycles. The van der Waals surface area contributed by atoms with Crippen molar-refractivity contribution in [1.29, 1.82) is 0 Å². The van der Waals surface area contributed by atoms with Crippen molar-refractivity contribution < 1.29 is 23.5 Å². The van der Waals surface area contributed by atoms with Gasteiger partial charge in [-0.15, -0.1) is 0 Å². The Bertz CT molecular complexity index is 1380. The van der Waals surface area contributed by atoms with Crippen LogP contribution in [0.1, 0.15) is 42.7 Å². The van der Waals surface area contributed by atoms with Gasteiger partial charge in [0.05, 0.1) is 11.9 Å². The maximum atomic E-state index is 14.9. The lowest BCUT2D eigenvalue weighted by atomic mass is 10.0. The van der Waals surface area contributed by atoms with E-state index in [-0.39, 0.29) is 19.3 Å². The number of pyridine rings is 1. The number of fused-ring (bicyclic) bond motifs is 1. The summed E-state index contributed by atoms with van der Waals surface area (Å²) in [6.07, 6.45) is 3.64. The fourth-order valence-corrected chi connectivity index (χ4v) is 3.90. The third-order valence-electron chi connectivity index (χ3n) is 5.66. The lowest BCUT2D eigenvalue weighted by molar-refractivity contribution is -0.120. The summed E-state index contributed by atoms with van der Waals surface area (Å²) in [5.74, 6) is 3.85. The van der Waals surface area contributed by atoms with Gasteiger partial charge >= 0.3 is 6.03 Å². The van der Waals surface area contributed by atoms with Gasteiger partial charge in [-0.1, -0.05) is 17.9 Å². The number of anilines is 1. The van der Waals surface area contributed by atoms with Crippen LogP contribution in [0.5, 0.6) is 0 Å². The van der Waals surface area contributed by atoms with Crippen molar-refractivity contribution in [2.45, 2.75) is 44.8 Å². The van der Waals surface area contributed by atoms with E-state index in [0.717, 1.165) is 4.68 Å². The Hall–Kier alpha value is -4.10. The number of aromatic nitrogens is 3. The van der Waals surface area contributed by atoms with Crippen LogP contribution in [0.25, 0.3) is 0 Å². The quantitative estimate of drug-likeness (QED) is 0.432. The van der Waals surface area contributed by atoms with E-state index in [9.17, 15) is 23.5 Å². The first kappa shape index (κ1) is 25.0. The van der Waals surface area contributed by atoms with Crippen LogP contribution in [-0.2, 0) is 17.6 Å². The first-order valence-electron chi connectivity index (χ1n) is 11.3. The standard InChI is InChI=1S/C26H25F2N5O3/c1-26(2,36)10-9-16-12-20(27)19-7-8-21(24(34)32(3)22(19)13-16)31-25(35)33-15-17(14-29-33)11-18-5-4-6-23(28)30-18/h4-6,12-15,21,36H,7-8,11H2,1-3H3,(H,31,35). The summed E-state index contributed by atoms with van der Waals surface area (Å²) in [5, 5.41) is 16.5. The Labute approximate surface area is 207 Å². The second-order valence-electron chi connectivity index (χ2n) is 9.12. The summed E-state index contributed by atoms with van der Waals surface area (Å²) in [6, 6.07) is 5.80. The van der Waals surface area contributed by atoms with Gasteiger partial charge in [-0.05, 0) is 56.5 Å². The summed E-state index contributed by atoms with van der Waals surface area (Å²) in [6.45, 7) is 3.04. The van der Waals surface area contributed by atoms with E-state index in [1.807, 2.05) is 0 Å². The van der Waals surface area contributed by atoms with E-state index in [2.05, 4.69) is 27.2 Å². The molecule has 0 bridgehead atoms. The molecule has 1 unspecified atom stereocenters. The van der Waals surface area contributed by atoms with E-state index in [1.54, 1.807) is 18.2 Å². The molecular weight excluding hydrogens is 468 g/mol. The molecular formula is C26H25F2N5O3. The molecule has 1 atom stereocenters. The first-order chi connectivity index (χ1) is 17.0. The van der Waals surface area contributed by atoms with E-state index in [4.69, 9.17) is 0 Å². The van der Waals surface area contributed by atoms with Crippen LogP contribution >= 0.6 is 0 Å². The number of aliphatic hydroxyl groups is 1. The summed E-state index contributed by atoms with van der Waals surface area (Å²) in [5.41, 5.74) is 0.915. The Morgan fingerprint density at radius 2 is 2.08 bits per heavy atom. The SMILES string of the molecule is CN1C(=O)C(NC(=O)n2cc(Cc3cccc(F)n3)cn2)CCc2c(F)cc(C#CC(C)(C)O)cc21. The number of nitrogens with one attached hydrogen (secondary N) is 1. The molecule has 0 saturated heterocycles. The molecule has 8 nitrogen and oxygen atoms in total. The zero-order valence-corrected chi connectivity index (χ0v) is 20.0. The average Bonchev–Trinajstić information content (AvgIpc) is 3.23. The predicted octanol–water partition coefficient (Wildman–Crippen LogP) is 2.81. The van der Waals surface area contributed by atoms with Gasteiger partial charge in [-0.3, -0.25) is 4.79 Å². The van der Waals surface area contributed by atoms with Crippen molar-refractivity contribution in [2.75, 3.05) is 11.9 Å². The number of carbonyl (C=O) groups excluding carboxylic acids is 2. The highest BCUT2D eigenvalue weighted by molar-refractivity contribution is 6.00. The second-order valence-corrected chi connectivity index (χ2v) is 9.12. The lowest BCUT2D eigenvalue weighted by Gasteiger charge is -2.22. The first-order valence-corrected chi connectivity index (χ1v) is 11.3. The molecule has 2 amide bonds. The largest absolute Gasteiger partial charge is 0.378 e. The molecule has 2 N–H and O–H groups in total. The Morgan fingerprint density at radius 1 is 1.31 bits per heavy atom. The molecule has 36 heavy (non-hydrogen) atoms. The average molecular weight is 494 g/mol. The van der Waals surface area contributed by atoms with Gasteiger partial charge in [0, 0.05) is 36.5 Å². The minimum absolute atomic E-state index is 0.189. The maximum Gasteiger partial charge on any atom is 0.342 e. The second kappa shape index (κ2) is 9.87. The van der Waals surface area contributed by atoms with Crippen LogP contribution in [0, 0.1) is 23.6 Å². The molecule has 1 aromatic carbocycles. The van der Waals surface area contributed by atoms with E-state index < -0.39 is 35.3 Å². The molecule has 1 aliphatic heterocycles. The highest BCUT2D eigenvalue weighted by Crippen LogP contribution is 2.30. The van der Waals surface area contributed by atoms with Crippen LogP contribution in [0.15, 0.2) is 42.7 Å². The fourth-order valence-electron chi connectivity index (χ4n) is 3.90. The number of halogens is 2. The van der Waals surface area contributed by atoms with Crippen molar-refractivity contribution in [3.63, 3.8) is 0 Å². The molecule has 0 radical (unpaired) electrons. The van der Waals surface area contributed by atoms with Crippen LogP contribution in [0.4, 0.5) is 19.3 Å². The smallest absolute Gasteiger partial charge is 0.342 e. The fraction of sp³-hybridized carbons (Fsp3) is 0.308. The number of benzene rings is 1. The van der Waals surface area contributed by atoms with Crippen LogP contribution in [0.2, 0.25) is 0 Å². The molecule has 186 valence electrons. The number of hydrogen-bond acceptors (Lipinski definition) is 5. The Morgan fingerprint density at radius 3 is 2.81 bits per heavy atom. The van der Waals surface area contributed by atoms with Crippen molar-refractivity contribution >= 4 is 17.6 Å². The van der Waals surface area contributed by atoms with Gasteiger partial charge in [-0.25, -0.2) is 14.2 Å². The molecule has 1 aliphatic rings. The van der Waals surface area contributed by atoms with Gasteiger partial charge in [0.15, 0.2) is 0 Å². The molecule has 3 heterocycles. The van der Waals surface area contributed by atoms with E-state index >= 15 is 0 Å². The number of nitrogens with zero attached hydrogens (tertiary/aromatic N) is 4. The third-order valence-corrected chi connectivity index (χ3v) is 5.66. The van der Waals surface area contributed by atoms with Gasteiger partial charge in [0.1, 0.15) is 17.5 Å². The maximum absolute atomic E-state index is 14.9. The van der Waals surface area contributed by atoms with Crippen molar-refractivity contribution in [1.82, 2.24) is 20.1 Å². The number of hydrogen-bond donors (Lipinski definition) is 2. The highest BCUT2D eigenvalue weighted by atomic mass is 19.1. The number of carbonyl (C=O) groups is 2. The summed E-state index contributed by atoms with van der Waals surface area (Å²) in [4.78, 5) is 31.0. The molecule has 10 heteroatoms. The van der Waals surface area contributed by atoms with Crippen molar-refractivity contribution in [3.05, 3.63) is 76.9 Å². The number of amides is 2. The monoisotopic (exact) mass is 493 g/mol. The van der Waals surface area contributed by atoms with Gasteiger partial charge < -0.3 is 15.3 Å². The van der Waals surface area contributed by atoms with E-state index in [0.29, 0.717) is 28.1 Å². The molecule has 3 aromatic rings. The highest BCUT2D eigenvalue weighted by Gasteiger charge is 2.31. The van der Waals surface area contributed by atoms with Crippen molar-refractivity contribution in [2.24, 2.45) is 0 Å². The van der Waals surface area contributed by atoms with Gasteiger partial charge in [-0.2, -0.15) is 14.2 Å². The summed E-state index contributed by atoms with van der Waals surface area (Å²) < 4.78 is 29.3. The van der Waals surface area contributed by atoms with Crippen LogP contribution in [-0.4, -0.2) is 50.5 Å². The van der Waals surface area contributed by atoms with Crippen LogP contribution in [0.3, 0.4) is 0 Å². The third kappa shape index (κ3) is 5.75. The zero-order valence-electron chi connectivity index (χ0n) is 20.0. The summed E-state index contributed by atoms with van der Waals surface area (Å²) >= 11 is 0. The van der Waals surface area contributed by atoms with E-state index in [1.165, 1.54) is 50.3 Å². The zero-order chi connectivity index (χ0) is 26.0. The Kier molecular flexibility index (Phi) is 6.86. The molecule has 2 aromatic heterocycles. The molecule has 0 saturated carbocycles. The van der Waals surface area contributed by atoms with Gasteiger partial charge in [0.25, 0.3) is 0 Å². The molecule has 0 fully saturated rings. The molecule has 0 spiro atoms. The predicted molar refractivity (Wildman–Crippen MR) is 128 cm³/mol. The lowest BCUT2D eigenvalue weighted by Crippen LogP contribution is -2.48. The summed E-state index contributed by atoms with van der Waals surface area (Å²) in [7, 11) is 1.51. The normalized spacial score (nSPS) is 15.6. The Balaban J connectivity index is 1.49. The van der Waals surface area contributed by atoms with Gasteiger partial charge in [0.2, 0.25) is 11.9 Å². The number of rotatable bonds is 3. The molecule has 4 rings (SSSR count). The van der Waals surface area contributed by atoms with Crippen molar-refractivity contribution in [3.8, 4) is 11.8 Å².